The van der Waals surface area contributed by atoms with Crippen molar-refractivity contribution in [3.63, 3.8) is 0 Å². The smallest absolute Gasteiger partial charge is 0.243 e. The van der Waals surface area contributed by atoms with Gasteiger partial charge >= 0.3 is 0 Å². The van der Waals surface area contributed by atoms with Crippen molar-refractivity contribution < 1.29 is 4.79 Å². The first-order valence-electron chi connectivity index (χ1n) is 9.04. The van der Waals surface area contributed by atoms with Gasteiger partial charge in [-0.25, -0.2) is 4.99 Å². The number of nitrogens with one attached hydrogen (secondary N) is 2. The lowest BCUT2D eigenvalue weighted by Crippen LogP contribution is -2.43. The number of carbonyl (C=O) groups is 1. The van der Waals surface area contributed by atoms with Gasteiger partial charge in [-0.05, 0) is 25.6 Å². The molecule has 0 radical (unpaired) electrons. The van der Waals surface area contributed by atoms with Crippen LogP contribution in [0, 0.1) is 0 Å². The Labute approximate surface area is 152 Å². The highest BCUT2D eigenvalue weighted by atomic mass is 16.2. The molecule has 6 heteroatoms. The van der Waals surface area contributed by atoms with Gasteiger partial charge in [0.2, 0.25) is 5.91 Å². The number of guanidine groups is 1. The van der Waals surface area contributed by atoms with Crippen molar-refractivity contribution >= 4 is 11.9 Å². The summed E-state index contributed by atoms with van der Waals surface area (Å²) in [5.41, 5.74) is 1.28. The minimum atomic E-state index is -0.0134. The summed E-state index contributed by atoms with van der Waals surface area (Å²) in [4.78, 5) is 20.1. The van der Waals surface area contributed by atoms with Gasteiger partial charge in [0.15, 0.2) is 5.96 Å². The number of amides is 1. The van der Waals surface area contributed by atoms with E-state index in [2.05, 4.69) is 58.6 Å². The van der Waals surface area contributed by atoms with E-state index >= 15 is 0 Å². The SMILES string of the molecule is CCNC(=NCC(=O)N(C)C)NCC(c1ccccc1)N(CC)CC. The summed E-state index contributed by atoms with van der Waals surface area (Å²) >= 11 is 0. The number of carbonyl (C=O) groups excluding carboxylic acids is 1. The maximum Gasteiger partial charge on any atom is 0.243 e. The summed E-state index contributed by atoms with van der Waals surface area (Å²) in [6.45, 7) is 9.95. The topological polar surface area (TPSA) is 60.0 Å². The van der Waals surface area contributed by atoms with E-state index in [0.29, 0.717) is 5.96 Å². The third-order valence-corrected chi connectivity index (χ3v) is 4.12. The van der Waals surface area contributed by atoms with E-state index in [1.54, 1.807) is 19.0 Å². The minimum absolute atomic E-state index is 0.0134. The standard InChI is InChI=1S/C19H33N5O/c1-6-20-19(22-15-18(25)23(4)5)21-14-17(24(7-2)8-3)16-12-10-9-11-13-16/h9-13,17H,6-8,14-15H2,1-5H3,(H2,20,21,22). The summed E-state index contributed by atoms with van der Waals surface area (Å²) < 4.78 is 0. The van der Waals surface area contributed by atoms with Crippen molar-refractivity contribution in [3.05, 3.63) is 35.9 Å². The minimum Gasteiger partial charge on any atom is -0.357 e. The van der Waals surface area contributed by atoms with Gasteiger partial charge in [-0.1, -0.05) is 44.2 Å². The lowest BCUT2D eigenvalue weighted by atomic mass is 10.1. The van der Waals surface area contributed by atoms with Crippen LogP contribution in [0.4, 0.5) is 0 Å². The molecule has 2 N–H and O–H groups in total. The first-order chi connectivity index (χ1) is 12.0. The second-order valence-electron chi connectivity index (χ2n) is 6.01. The fourth-order valence-corrected chi connectivity index (χ4v) is 2.62. The Morgan fingerprint density at radius 2 is 1.72 bits per heavy atom. The molecule has 1 atom stereocenters. The van der Waals surface area contributed by atoms with E-state index in [9.17, 15) is 4.79 Å². The number of likely N-dealkylation sites (N-methyl/N-ethyl adjacent to an activating group) is 2. The molecule has 1 amide bonds. The molecule has 0 saturated carbocycles. The van der Waals surface area contributed by atoms with Gasteiger partial charge in [0, 0.05) is 27.2 Å². The molecule has 0 bridgehead atoms. The predicted octanol–water partition coefficient (Wildman–Crippen LogP) is 1.71. The van der Waals surface area contributed by atoms with Gasteiger partial charge in [-0.2, -0.15) is 0 Å². The molecule has 1 aromatic rings. The summed E-state index contributed by atoms with van der Waals surface area (Å²) in [6, 6.07) is 10.7. The molecule has 0 aliphatic rings. The Morgan fingerprint density at radius 3 is 2.24 bits per heavy atom. The summed E-state index contributed by atoms with van der Waals surface area (Å²) in [5, 5.41) is 6.60. The zero-order chi connectivity index (χ0) is 18.7. The zero-order valence-electron chi connectivity index (χ0n) is 16.2. The van der Waals surface area contributed by atoms with Gasteiger partial charge in [-0.15, -0.1) is 0 Å². The average molecular weight is 348 g/mol. The lowest BCUT2D eigenvalue weighted by molar-refractivity contribution is -0.127. The van der Waals surface area contributed by atoms with E-state index in [1.807, 2.05) is 13.0 Å². The Bertz CT molecular complexity index is 526. The van der Waals surface area contributed by atoms with Crippen molar-refractivity contribution in [2.75, 3.05) is 46.8 Å². The zero-order valence-corrected chi connectivity index (χ0v) is 16.2. The fourth-order valence-electron chi connectivity index (χ4n) is 2.62. The molecule has 0 aliphatic carbocycles. The Hall–Kier alpha value is -2.08. The van der Waals surface area contributed by atoms with Crippen LogP contribution in [0.3, 0.4) is 0 Å². The number of aliphatic imine (C=N–C) groups is 1. The monoisotopic (exact) mass is 347 g/mol. The maximum absolute atomic E-state index is 11.8. The van der Waals surface area contributed by atoms with E-state index in [-0.39, 0.29) is 18.5 Å². The van der Waals surface area contributed by atoms with Crippen LogP contribution in [-0.2, 0) is 4.79 Å². The highest BCUT2D eigenvalue weighted by Crippen LogP contribution is 2.19. The van der Waals surface area contributed by atoms with Gasteiger partial charge < -0.3 is 15.5 Å². The second-order valence-corrected chi connectivity index (χ2v) is 6.01. The second kappa shape index (κ2) is 11.5. The Balaban J connectivity index is 2.83. The Morgan fingerprint density at radius 1 is 1.08 bits per heavy atom. The fraction of sp³-hybridized carbons (Fsp3) is 0.579. The molecule has 0 aromatic heterocycles. The molecule has 1 unspecified atom stereocenters. The van der Waals surface area contributed by atoms with E-state index < -0.39 is 0 Å². The maximum atomic E-state index is 11.8. The molecular formula is C19H33N5O. The largest absolute Gasteiger partial charge is 0.357 e. The van der Waals surface area contributed by atoms with E-state index in [1.165, 1.54) is 5.56 Å². The Kier molecular flexibility index (Phi) is 9.62. The lowest BCUT2D eigenvalue weighted by Gasteiger charge is -2.30. The first-order valence-corrected chi connectivity index (χ1v) is 9.04. The van der Waals surface area contributed by atoms with Crippen LogP contribution < -0.4 is 10.6 Å². The van der Waals surface area contributed by atoms with Crippen LogP contribution in [-0.4, -0.2) is 68.5 Å². The van der Waals surface area contributed by atoms with Gasteiger partial charge in [0.25, 0.3) is 0 Å². The average Bonchev–Trinajstić information content (AvgIpc) is 2.63. The molecule has 140 valence electrons. The van der Waals surface area contributed by atoms with Crippen molar-refractivity contribution in [2.45, 2.75) is 26.8 Å². The molecule has 0 spiro atoms. The van der Waals surface area contributed by atoms with Gasteiger partial charge in [-0.3, -0.25) is 9.69 Å². The summed E-state index contributed by atoms with van der Waals surface area (Å²) in [5.74, 6) is 0.659. The van der Waals surface area contributed by atoms with Crippen LogP contribution in [0.2, 0.25) is 0 Å². The van der Waals surface area contributed by atoms with Crippen LogP contribution in [0.5, 0.6) is 0 Å². The van der Waals surface area contributed by atoms with E-state index in [0.717, 1.165) is 26.2 Å². The number of benzene rings is 1. The number of nitrogens with zero attached hydrogens (tertiary/aromatic N) is 3. The molecule has 0 saturated heterocycles. The molecule has 1 aromatic carbocycles. The summed E-state index contributed by atoms with van der Waals surface area (Å²) in [6.07, 6.45) is 0. The van der Waals surface area contributed by atoms with E-state index in [4.69, 9.17) is 0 Å². The molecule has 0 heterocycles. The molecule has 25 heavy (non-hydrogen) atoms. The van der Waals surface area contributed by atoms with Crippen molar-refractivity contribution in [2.24, 2.45) is 4.99 Å². The molecular weight excluding hydrogens is 314 g/mol. The normalized spacial score (nSPS) is 12.8. The van der Waals surface area contributed by atoms with Gasteiger partial charge in [0.1, 0.15) is 6.54 Å². The quantitative estimate of drug-likeness (QED) is 0.527. The van der Waals surface area contributed by atoms with Crippen LogP contribution in [0.25, 0.3) is 0 Å². The third-order valence-electron chi connectivity index (χ3n) is 4.12. The molecule has 0 fully saturated rings. The number of rotatable bonds is 9. The molecule has 1 rings (SSSR count). The number of hydrogen-bond donors (Lipinski definition) is 2. The van der Waals surface area contributed by atoms with Crippen LogP contribution in [0.1, 0.15) is 32.4 Å². The highest BCUT2D eigenvalue weighted by molar-refractivity contribution is 5.84. The number of hydrogen-bond acceptors (Lipinski definition) is 3. The summed E-state index contributed by atoms with van der Waals surface area (Å²) in [7, 11) is 3.48. The third kappa shape index (κ3) is 7.13. The molecule has 0 aliphatic heterocycles. The highest BCUT2D eigenvalue weighted by Gasteiger charge is 2.18. The predicted molar refractivity (Wildman–Crippen MR) is 105 cm³/mol. The van der Waals surface area contributed by atoms with Crippen molar-refractivity contribution in [1.82, 2.24) is 20.4 Å². The first kappa shape index (κ1) is 21.0. The van der Waals surface area contributed by atoms with Crippen LogP contribution >= 0.6 is 0 Å². The van der Waals surface area contributed by atoms with Crippen LogP contribution in [0.15, 0.2) is 35.3 Å². The van der Waals surface area contributed by atoms with Crippen molar-refractivity contribution in [1.29, 1.82) is 0 Å². The van der Waals surface area contributed by atoms with Gasteiger partial charge in [0.05, 0.1) is 6.04 Å². The molecule has 6 nitrogen and oxygen atoms in total. The van der Waals surface area contributed by atoms with Crippen molar-refractivity contribution in [3.8, 4) is 0 Å².